The minimum Gasteiger partial charge on any atom is -0.281 e. The topological polar surface area (TPSA) is 17.1 Å². The van der Waals surface area contributed by atoms with E-state index in [1.807, 2.05) is 6.92 Å². The fourth-order valence-electron chi connectivity index (χ4n) is 0.244. The third-order valence-electron chi connectivity index (χ3n) is 0.449. The van der Waals surface area contributed by atoms with Gasteiger partial charge in [-0.15, -0.1) is 0 Å². The van der Waals surface area contributed by atoms with Gasteiger partial charge >= 0.3 is 0 Å². The molecule has 0 radical (unpaired) electrons. The zero-order valence-electron chi connectivity index (χ0n) is 4.25. The second-order valence-corrected chi connectivity index (χ2v) is 6.59. The van der Waals surface area contributed by atoms with E-state index in [2.05, 4.69) is 31.9 Å². The van der Waals surface area contributed by atoms with Gasteiger partial charge in [0.25, 0.3) is 0 Å². The summed E-state index contributed by atoms with van der Waals surface area (Å²) >= 11 is 11.4. The summed E-state index contributed by atoms with van der Waals surface area (Å²) in [6.45, 7) is 1.81. The van der Waals surface area contributed by atoms with Gasteiger partial charge in [-0.2, -0.15) is 0 Å². The van der Waals surface area contributed by atoms with Crippen LogP contribution in [0.4, 0.5) is 0 Å². The van der Waals surface area contributed by atoms with Crippen molar-refractivity contribution in [3.05, 3.63) is 0 Å². The molecule has 0 atom stereocenters. The fraction of sp³-hybridized carbons (Fsp3) is 0.750. The molecule has 0 amide bonds. The van der Waals surface area contributed by atoms with Crippen LogP contribution in [-0.4, -0.2) is 8.48 Å². The minimum absolute atomic E-state index is 0.286. The first-order chi connectivity index (χ1) is 3.42. The number of carbonyl (C=O) groups excluding carboxylic acids is 1. The van der Waals surface area contributed by atoms with E-state index >= 15 is 0 Å². The van der Waals surface area contributed by atoms with E-state index in [1.165, 1.54) is 0 Å². The number of halogens is 3. The first-order valence-corrected chi connectivity index (χ1v) is 3.94. The lowest BCUT2D eigenvalue weighted by Gasteiger charge is -2.08. The van der Waals surface area contributed by atoms with Crippen LogP contribution in [0.25, 0.3) is 0 Å². The molecule has 0 unspecified atom stereocenters. The Morgan fingerprint density at radius 3 is 2.12 bits per heavy atom. The van der Waals surface area contributed by atoms with Gasteiger partial charge in [0, 0.05) is 6.42 Å². The molecule has 0 N–H and O–H groups in total. The van der Waals surface area contributed by atoms with Crippen molar-refractivity contribution in [3.63, 3.8) is 0 Å². The van der Waals surface area contributed by atoms with Crippen molar-refractivity contribution in [2.45, 2.75) is 16.6 Å². The van der Waals surface area contributed by atoms with Gasteiger partial charge in [-0.05, 0) is 18.5 Å². The van der Waals surface area contributed by atoms with Crippen LogP contribution in [-0.2, 0) is 4.79 Å². The second kappa shape index (κ2) is 3.18. The van der Waals surface area contributed by atoms with E-state index in [0.717, 1.165) is 0 Å². The molecule has 0 aromatic carbocycles. The van der Waals surface area contributed by atoms with Crippen LogP contribution in [0.5, 0.6) is 0 Å². The van der Waals surface area contributed by atoms with Crippen molar-refractivity contribution in [1.82, 2.24) is 0 Å². The molecule has 48 valence electrons. The van der Waals surface area contributed by atoms with Crippen LogP contribution in [0, 0.1) is 0 Å². The van der Waals surface area contributed by atoms with Crippen molar-refractivity contribution >= 4 is 48.7 Å². The molecule has 0 aliphatic rings. The maximum atomic E-state index is 10.2. The number of carbonyl (C=O) groups is 1. The lowest BCUT2D eigenvalue weighted by atomic mass is 10.4. The summed E-state index contributed by atoms with van der Waals surface area (Å²) in [6.07, 6.45) is 0.286. The Labute approximate surface area is 70.0 Å². The summed E-state index contributed by atoms with van der Waals surface area (Å²) in [6, 6.07) is 0. The first kappa shape index (κ1) is 8.92. The zero-order valence-corrected chi connectivity index (χ0v) is 8.18. The highest BCUT2D eigenvalue weighted by atomic mass is 79.9. The molecule has 0 aliphatic carbocycles. The predicted molar refractivity (Wildman–Crippen MR) is 41.7 cm³/mol. The normalized spacial score (nSPS) is 11.5. The van der Waals surface area contributed by atoms with Crippen LogP contribution in [0.1, 0.15) is 13.3 Å². The molecular formula is C4H5Br2ClO. The Hall–Kier alpha value is 0.920. The highest BCUT2D eigenvalue weighted by Gasteiger charge is 2.17. The van der Waals surface area contributed by atoms with E-state index in [9.17, 15) is 4.79 Å². The monoisotopic (exact) mass is 262 g/mol. The summed E-state index contributed by atoms with van der Waals surface area (Å²) in [5, 5.41) is -0.346. The summed E-state index contributed by atoms with van der Waals surface area (Å²) in [5.41, 5.74) is 0. The average molecular weight is 264 g/mol. The highest BCUT2D eigenvalue weighted by molar-refractivity contribution is 9.25. The summed E-state index contributed by atoms with van der Waals surface area (Å²) in [4.78, 5) is 10.2. The predicted octanol–water partition coefficient (Wildman–Crippen LogP) is 2.65. The maximum Gasteiger partial charge on any atom is 0.223 e. The summed E-state index contributed by atoms with van der Waals surface area (Å²) in [7, 11) is 0. The van der Waals surface area contributed by atoms with Crippen molar-refractivity contribution in [1.29, 1.82) is 0 Å². The Bertz CT molecular complexity index is 96.7. The molecule has 0 rings (SSSR count). The van der Waals surface area contributed by atoms with E-state index in [0.29, 0.717) is 0 Å². The summed E-state index contributed by atoms with van der Waals surface area (Å²) < 4.78 is -0.334. The molecule has 0 saturated heterocycles. The Kier molecular flexibility index (Phi) is 3.55. The van der Waals surface area contributed by atoms with Crippen LogP contribution in [0.15, 0.2) is 0 Å². The van der Waals surface area contributed by atoms with Gasteiger partial charge in [0.2, 0.25) is 5.24 Å². The highest BCUT2D eigenvalue weighted by Crippen LogP contribution is 2.29. The average Bonchev–Trinajstić information content (AvgIpc) is 1.21. The maximum absolute atomic E-state index is 10.2. The summed E-state index contributed by atoms with van der Waals surface area (Å²) in [5.74, 6) is 0. The Balaban J connectivity index is 3.55. The van der Waals surface area contributed by atoms with Crippen molar-refractivity contribution in [2.24, 2.45) is 0 Å². The Morgan fingerprint density at radius 1 is 1.75 bits per heavy atom. The van der Waals surface area contributed by atoms with E-state index in [-0.39, 0.29) is 14.9 Å². The SMILES string of the molecule is CC(Br)(Br)CC(=O)Cl. The van der Waals surface area contributed by atoms with Crippen molar-refractivity contribution in [3.8, 4) is 0 Å². The van der Waals surface area contributed by atoms with Crippen LogP contribution < -0.4 is 0 Å². The van der Waals surface area contributed by atoms with Gasteiger partial charge in [-0.3, -0.25) is 4.79 Å². The molecule has 8 heavy (non-hydrogen) atoms. The molecular weight excluding hydrogens is 259 g/mol. The van der Waals surface area contributed by atoms with Crippen molar-refractivity contribution < 1.29 is 4.79 Å². The van der Waals surface area contributed by atoms with Gasteiger partial charge in [0.1, 0.15) is 0 Å². The van der Waals surface area contributed by atoms with Gasteiger partial charge in [0.05, 0.1) is 3.23 Å². The Morgan fingerprint density at radius 2 is 2.12 bits per heavy atom. The van der Waals surface area contributed by atoms with Gasteiger partial charge in [0.15, 0.2) is 0 Å². The second-order valence-electron chi connectivity index (χ2n) is 1.60. The molecule has 0 aromatic rings. The van der Waals surface area contributed by atoms with E-state index in [1.54, 1.807) is 0 Å². The number of hydrogen-bond acceptors (Lipinski definition) is 1. The molecule has 0 saturated carbocycles. The quantitative estimate of drug-likeness (QED) is 0.553. The van der Waals surface area contributed by atoms with Crippen LogP contribution >= 0.6 is 43.5 Å². The lowest BCUT2D eigenvalue weighted by Crippen LogP contribution is -2.07. The number of rotatable bonds is 2. The number of alkyl halides is 2. The third-order valence-corrected chi connectivity index (χ3v) is 1.14. The minimum atomic E-state index is -0.346. The number of hydrogen-bond donors (Lipinski definition) is 0. The van der Waals surface area contributed by atoms with Gasteiger partial charge < -0.3 is 0 Å². The first-order valence-electron chi connectivity index (χ1n) is 1.98. The fourth-order valence-corrected chi connectivity index (χ4v) is 1.34. The zero-order chi connectivity index (χ0) is 6.78. The lowest BCUT2D eigenvalue weighted by molar-refractivity contribution is -0.111. The standard InChI is InChI=1S/C4H5Br2ClO/c1-4(5,6)2-3(7)8/h2H2,1H3. The third kappa shape index (κ3) is 6.92. The molecule has 0 heterocycles. The molecule has 0 aromatic heterocycles. The van der Waals surface area contributed by atoms with Gasteiger partial charge in [-0.1, -0.05) is 31.9 Å². The molecule has 0 fully saturated rings. The van der Waals surface area contributed by atoms with Crippen LogP contribution in [0.3, 0.4) is 0 Å². The van der Waals surface area contributed by atoms with Gasteiger partial charge in [-0.25, -0.2) is 0 Å². The molecule has 0 aliphatic heterocycles. The molecule has 4 heteroatoms. The largest absolute Gasteiger partial charge is 0.281 e. The van der Waals surface area contributed by atoms with E-state index in [4.69, 9.17) is 11.6 Å². The molecule has 1 nitrogen and oxygen atoms in total. The van der Waals surface area contributed by atoms with Crippen LogP contribution in [0.2, 0.25) is 0 Å². The molecule has 0 bridgehead atoms. The van der Waals surface area contributed by atoms with Crippen molar-refractivity contribution in [2.75, 3.05) is 0 Å². The molecule has 0 spiro atoms. The van der Waals surface area contributed by atoms with E-state index < -0.39 is 0 Å². The smallest absolute Gasteiger partial charge is 0.223 e.